The Morgan fingerprint density at radius 3 is 2.35 bits per heavy atom. The first-order valence-corrected chi connectivity index (χ1v) is 7.97. The molecule has 1 N–H and O–H groups in total. The van der Waals surface area contributed by atoms with Crippen molar-refractivity contribution in [1.29, 1.82) is 0 Å². The summed E-state index contributed by atoms with van der Waals surface area (Å²) in [5, 5.41) is 10.6. The quantitative estimate of drug-likeness (QED) is 0.607. The third-order valence-corrected chi connectivity index (χ3v) is 3.96. The van der Waals surface area contributed by atoms with E-state index in [1.54, 1.807) is 7.11 Å². The number of unbranched alkanes of at least 4 members (excludes halogenated alkanes) is 6. The lowest BCUT2D eigenvalue weighted by atomic mass is 9.90. The van der Waals surface area contributed by atoms with Crippen LogP contribution in [-0.4, -0.2) is 12.2 Å². The molecule has 0 bridgehead atoms. The maximum atomic E-state index is 10.6. The number of methoxy groups -OCH3 is 1. The smallest absolute Gasteiger partial charge is 0.119 e. The number of rotatable bonds is 10. The van der Waals surface area contributed by atoms with Crippen molar-refractivity contribution in [3.63, 3.8) is 0 Å². The minimum absolute atomic E-state index is 0.752. The van der Waals surface area contributed by atoms with Gasteiger partial charge in [-0.1, -0.05) is 64.0 Å². The van der Waals surface area contributed by atoms with Gasteiger partial charge >= 0.3 is 0 Å². The molecule has 1 aromatic carbocycles. The number of benzene rings is 1. The maximum absolute atomic E-state index is 10.6. The normalized spacial score (nSPS) is 14.0. The van der Waals surface area contributed by atoms with Gasteiger partial charge in [0.25, 0.3) is 0 Å². The Morgan fingerprint density at radius 1 is 1.05 bits per heavy atom. The predicted molar refractivity (Wildman–Crippen MR) is 85.2 cm³/mol. The monoisotopic (exact) mass is 278 g/mol. The highest BCUT2D eigenvalue weighted by Crippen LogP contribution is 2.29. The minimum Gasteiger partial charge on any atom is -0.497 e. The molecule has 0 fully saturated rings. The Morgan fingerprint density at radius 2 is 1.70 bits per heavy atom. The lowest BCUT2D eigenvalue weighted by Gasteiger charge is -2.24. The Hall–Kier alpha value is -1.02. The molecule has 1 atom stereocenters. The van der Waals surface area contributed by atoms with Gasteiger partial charge in [-0.25, -0.2) is 0 Å². The lowest BCUT2D eigenvalue weighted by Crippen LogP contribution is -2.20. The second-order valence-electron chi connectivity index (χ2n) is 5.88. The van der Waals surface area contributed by atoms with Gasteiger partial charge in [-0.3, -0.25) is 0 Å². The molecule has 0 amide bonds. The van der Waals surface area contributed by atoms with E-state index in [1.807, 2.05) is 31.2 Å². The van der Waals surface area contributed by atoms with Crippen molar-refractivity contribution >= 4 is 0 Å². The summed E-state index contributed by atoms with van der Waals surface area (Å²) in [6.07, 6.45) is 9.71. The van der Waals surface area contributed by atoms with Crippen molar-refractivity contribution in [2.45, 2.75) is 70.8 Å². The van der Waals surface area contributed by atoms with Gasteiger partial charge in [-0.15, -0.1) is 0 Å². The Balaban J connectivity index is 2.33. The molecule has 2 nitrogen and oxygen atoms in total. The first kappa shape index (κ1) is 17.0. The van der Waals surface area contributed by atoms with Crippen molar-refractivity contribution < 1.29 is 9.84 Å². The summed E-state index contributed by atoms with van der Waals surface area (Å²) in [6.45, 7) is 4.14. The van der Waals surface area contributed by atoms with Crippen LogP contribution in [0.4, 0.5) is 0 Å². The van der Waals surface area contributed by atoms with Crippen LogP contribution in [0.15, 0.2) is 24.3 Å². The topological polar surface area (TPSA) is 29.5 Å². The SMILES string of the molecule is CCCCCCCCCC(C)(O)c1cccc(OC)c1. The Labute approximate surface area is 124 Å². The molecule has 0 aromatic heterocycles. The van der Waals surface area contributed by atoms with Gasteiger partial charge in [0.2, 0.25) is 0 Å². The third-order valence-electron chi connectivity index (χ3n) is 3.96. The van der Waals surface area contributed by atoms with Gasteiger partial charge in [0, 0.05) is 0 Å². The molecule has 1 aromatic rings. The second-order valence-corrected chi connectivity index (χ2v) is 5.88. The van der Waals surface area contributed by atoms with E-state index in [4.69, 9.17) is 4.74 Å². The molecule has 0 aliphatic carbocycles. The molecule has 0 aliphatic heterocycles. The van der Waals surface area contributed by atoms with Crippen molar-refractivity contribution in [3.05, 3.63) is 29.8 Å². The van der Waals surface area contributed by atoms with E-state index in [0.29, 0.717) is 0 Å². The van der Waals surface area contributed by atoms with Crippen molar-refractivity contribution in [2.24, 2.45) is 0 Å². The van der Waals surface area contributed by atoms with Crippen LogP contribution in [-0.2, 0) is 5.60 Å². The molecule has 0 aliphatic rings. The van der Waals surface area contributed by atoms with Gasteiger partial charge in [0.15, 0.2) is 0 Å². The summed E-state index contributed by atoms with van der Waals surface area (Å²) in [5.74, 6) is 0.808. The molecule has 114 valence electrons. The average molecular weight is 278 g/mol. The van der Waals surface area contributed by atoms with E-state index < -0.39 is 5.60 Å². The molecule has 0 saturated carbocycles. The molecule has 0 saturated heterocycles. The second kappa shape index (κ2) is 9.02. The Bertz CT molecular complexity index is 371. The van der Waals surface area contributed by atoms with E-state index >= 15 is 0 Å². The van der Waals surface area contributed by atoms with Crippen molar-refractivity contribution in [2.75, 3.05) is 7.11 Å². The molecular formula is C18H30O2. The molecule has 0 heterocycles. The maximum Gasteiger partial charge on any atom is 0.119 e. The van der Waals surface area contributed by atoms with E-state index in [2.05, 4.69) is 6.92 Å². The number of aliphatic hydroxyl groups is 1. The van der Waals surface area contributed by atoms with Gasteiger partial charge in [0.05, 0.1) is 12.7 Å². The molecular weight excluding hydrogens is 248 g/mol. The number of hydrogen-bond donors (Lipinski definition) is 1. The number of ether oxygens (including phenoxy) is 1. The summed E-state index contributed by atoms with van der Waals surface area (Å²) < 4.78 is 5.22. The predicted octanol–water partition coefficient (Wildman–Crippen LogP) is 5.04. The van der Waals surface area contributed by atoms with E-state index in [1.165, 1.54) is 38.5 Å². The largest absolute Gasteiger partial charge is 0.497 e. The Kier molecular flexibility index (Phi) is 7.68. The van der Waals surface area contributed by atoms with Crippen LogP contribution in [0.3, 0.4) is 0 Å². The average Bonchev–Trinajstić information content (AvgIpc) is 2.46. The zero-order chi connectivity index (χ0) is 14.8. The molecule has 1 rings (SSSR count). The molecule has 1 unspecified atom stereocenters. The van der Waals surface area contributed by atoms with Gasteiger partial charge in [-0.2, -0.15) is 0 Å². The summed E-state index contributed by atoms with van der Waals surface area (Å²) >= 11 is 0. The molecule has 20 heavy (non-hydrogen) atoms. The van der Waals surface area contributed by atoms with E-state index in [9.17, 15) is 5.11 Å². The summed E-state index contributed by atoms with van der Waals surface area (Å²) in [4.78, 5) is 0. The van der Waals surface area contributed by atoms with Crippen LogP contribution in [0.5, 0.6) is 5.75 Å². The van der Waals surface area contributed by atoms with Gasteiger partial charge < -0.3 is 9.84 Å². The fourth-order valence-corrected chi connectivity index (χ4v) is 2.53. The third kappa shape index (κ3) is 5.96. The molecule has 0 spiro atoms. The highest BCUT2D eigenvalue weighted by atomic mass is 16.5. The summed E-state index contributed by atoms with van der Waals surface area (Å²) in [7, 11) is 1.66. The van der Waals surface area contributed by atoms with Crippen molar-refractivity contribution in [3.8, 4) is 5.75 Å². The fraction of sp³-hybridized carbons (Fsp3) is 0.667. The highest BCUT2D eigenvalue weighted by molar-refractivity contribution is 5.31. The molecule has 0 radical (unpaired) electrons. The summed E-state index contributed by atoms with van der Waals surface area (Å²) in [6, 6.07) is 7.76. The van der Waals surface area contributed by atoms with Crippen LogP contribution in [0, 0.1) is 0 Å². The first-order valence-electron chi connectivity index (χ1n) is 7.97. The van der Waals surface area contributed by atoms with Crippen LogP contribution in [0.25, 0.3) is 0 Å². The van der Waals surface area contributed by atoms with Crippen LogP contribution in [0.1, 0.15) is 70.8 Å². The molecule has 2 heteroatoms. The van der Waals surface area contributed by atoms with Crippen LogP contribution >= 0.6 is 0 Å². The van der Waals surface area contributed by atoms with E-state index in [0.717, 1.165) is 24.2 Å². The zero-order valence-corrected chi connectivity index (χ0v) is 13.3. The van der Waals surface area contributed by atoms with Gasteiger partial charge in [0.1, 0.15) is 5.75 Å². The van der Waals surface area contributed by atoms with Crippen LogP contribution < -0.4 is 4.74 Å². The lowest BCUT2D eigenvalue weighted by molar-refractivity contribution is 0.0446. The van der Waals surface area contributed by atoms with Crippen molar-refractivity contribution in [1.82, 2.24) is 0 Å². The minimum atomic E-state index is -0.752. The standard InChI is InChI=1S/C18H30O2/c1-4-5-6-7-8-9-10-14-18(2,19)16-12-11-13-17(15-16)20-3/h11-13,15,19H,4-10,14H2,1-3H3. The van der Waals surface area contributed by atoms with Gasteiger partial charge in [-0.05, 0) is 31.0 Å². The van der Waals surface area contributed by atoms with E-state index in [-0.39, 0.29) is 0 Å². The first-order chi connectivity index (χ1) is 9.60. The zero-order valence-electron chi connectivity index (χ0n) is 13.3. The van der Waals surface area contributed by atoms with Crippen LogP contribution in [0.2, 0.25) is 0 Å². The number of hydrogen-bond acceptors (Lipinski definition) is 2. The fourth-order valence-electron chi connectivity index (χ4n) is 2.53. The highest BCUT2D eigenvalue weighted by Gasteiger charge is 2.22. The summed E-state index contributed by atoms with van der Waals surface area (Å²) in [5.41, 5.74) is 0.195.